The summed E-state index contributed by atoms with van der Waals surface area (Å²) in [5.41, 5.74) is 0. The number of hydrogen-bond acceptors (Lipinski definition) is 5. The number of aryl methyl sites for hydroxylation is 1. The van der Waals surface area contributed by atoms with Crippen LogP contribution in [0.5, 0.6) is 0 Å². The van der Waals surface area contributed by atoms with E-state index >= 15 is 0 Å². The lowest BCUT2D eigenvalue weighted by atomic mass is 9.99. The van der Waals surface area contributed by atoms with Gasteiger partial charge in [0.2, 0.25) is 0 Å². The Morgan fingerprint density at radius 2 is 2.35 bits per heavy atom. The number of methoxy groups -OCH3 is 1. The summed E-state index contributed by atoms with van der Waals surface area (Å²) in [6, 6.07) is 0. The fourth-order valence-electron chi connectivity index (χ4n) is 2.32. The van der Waals surface area contributed by atoms with Gasteiger partial charge in [0.1, 0.15) is 12.2 Å². The van der Waals surface area contributed by atoms with Crippen LogP contribution in [0.1, 0.15) is 12.7 Å². The first-order chi connectivity index (χ1) is 8.11. The maximum absolute atomic E-state index is 11.6. The maximum atomic E-state index is 11.6. The van der Waals surface area contributed by atoms with Crippen LogP contribution in [-0.2, 0) is 23.1 Å². The van der Waals surface area contributed by atoms with Gasteiger partial charge in [-0.25, -0.2) is 4.98 Å². The molecular formula is C11H18N4O2. The number of esters is 1. The molecule has 17 heavy (non-hydrogen) atoms. The zero-order valence-corrected chi connectivity index (χ0v) is 10.5. The highest BCUT2D eigenvalue weighted by Crippen LogP contribution is 2.24. The zero-order chi connectivity index (χ0) is 12.4. The summed E-state index contributed by atoms with van der Waals surface area (Å²) >= 11 is 0. The topological polar surface area (TPSA) is 60.2 Å². The molecule has 1 saturated heterocycles. The van der Waals surface area contributed by atoms with Gasteiger partial charge >= 0.3 is 5.97 Å². The molecule has 0 aromatic carbocycles. The van der Waals surface area contributed by atoms with Crippen LogP contribution in [0.15, 0.2) is 6.33 Å². The molecule has 2 rings (SSSR count). The fraction of sp³-hybridized carbons (Fsp3) is 0.727. The molecular weight excluding hydrogens is 220 g/mol. The predicted molar refractivity (Wildman–Crippen MR) is 61.0 cm³/mol. The molecule has 94 valence electrons. The van der Waals surface area contributed by atoms with Gasteiger partial charge < -0.3 is 4.74 Å². The maximum Gasteiger partial charge on any atom is 0.310 e. The molecule has 0 N–H and O–H groups in total. The Morgan fingerprint density at radius 3 is 2.94 bits per heavy atom. The minimum absolute atomic E-state index is 0.0202. The summed E-state index contributed by atoms with van der Waals surface area (Å²) in [4.78, 5) is 18.0. The van der Waals surface area contributed by atoms with Crippen molar-refractivity contribution in [1.82, 2.24) is 19.7 Å². The van der Waals surface area contributed by atoms with Crippen LogP contribution in [0, 0.1) is 11.8 Å². The number of nitrogens with zero attached hydrogens (tertiary/aromatic N) is 4. The molecule has 0 radical (unpaired) electrons. The second-order valence-electron chi connectivity index (χ2n) is 4.60. The van der Waals surface area contributed by atoms with Crippen molar-refractivity contribution < 1.29 is 9.53 Å². The minimum atomic E-state index is -0.113. The Balaban J connectivity index is 1.97. The first-order valence-electron chi connectivity index (χ1n) is 5.75. The van der Waals surface area contributed by atoms with Gasteiger partial charge in [-0.2, -0.15) is 5.10 Å². The van der Waals surface area contributed by atoms with E-state index in [9.17, 15) is 4.79 Å². The monoisotopic (exact) mass is 238 g/mol. The van der Waals surface area contributed by atoms with E-state index in [0.29, 0.717) is 5.92 Å². The van der Waals surface area contributed by atoms with Gasteiger partial charge in [0.25, 0.3) is 0 Å². The Morgan fingerprint density at radius 1 is 1.59 bits per heavy atom. The second kappa shape index (κ2) is 4.83. The molecule has 1 aromatic rings. The summed E-state index contributed by atoms with van der Waals surface area (Å²) in [5.74, 6) is 1.12. The van der Waals surface area contributed by atoms with E-state index in [1.54, 1.807) is 11.0 Å². The van der Waals surface area contributed by atoms with Crippen molar-refractivity contribution in [2.45, 2.75) is 13.5 Å². The number of carbonyl (C=O) groups is 1. The fourth-order valence-corrected chi connectivity index (χ4v) is 2.32. The lowest BCUT2D eigenvalue weighted by Crippen LogP contribution is -2.25. The highest BCUT2D eigenvalue weighted by Gasteiger charge is 2.35. The average molecular weight is 238 g/mol. The molecule has 0 saturated carbocycles. The van der Waals surface area contributed by atoms with E-state index < -0.39 is 0 Å². The number of ether oxygens (including phenoxy) is 1. The van der Waals surface area contributed by atoms with Gasteiger partial charge in [0.05, 0.1) is 19.6 Å². The molecule has 1 fully saturated rings. The van der Waals surface area contributed by atoms with Gasteiger partial charge in [-0.15, -0.1) is 0 Å². The molecule has 1 aliphatic rings. The molecule has 0 aliphatic carbocycles. The average Bonchev–Trinajstić information content (AvgIpc) is 2.86. The van der Waals surface area contributed by atoms with Crippen LogP contribution < -0.4 is 0 Å². The second-order valence-corrected chi connectivity index (χ2v) is 4.60. The van der Waals surface area contributed by atoms with Gasteiger partial charge in [-0.05, 0) is 5.92 Å². The van der Waals surface area contributed by atoms with Crippen LogP contribution in [0.4, 0.5) is 0 Å². The molecule has 0 amide bonds. The van der Waals surface area contributed by atoms with Crippen LogP contribution in [0.25, 0.3) is 0 Å². The van der Waals surface area contributed by atoms with Gasteiger partial charge in [-0.1, -0.05) is 6.92 Å². The smallest absolute Gasteiger partial charge is 0.310 e. The lowest BCUT2D eigenvalue weighted by Gasteiger charge is -2.14. The molecule has 1 aromatic heterocycles. The van der Waals surface area contributed by atoms with E-state index in [1.165, 1.54) is 7.11 Å². The summed E-state index contributed by atoms with van der Waals surface area (Å²) in [7, 11) is 3.32. The first kappa shape index (κ1) is 12.0. The molecule has 6 nitrogen and oxygen atoms in total. The number of carbonyl (C=O) groups excluding carboxylic acids is 1. The van der Waals surface area contributed by atoms with Crippen LogP contribution in [0.3, 0.4) is 0 Å². The standard InChI is InChI=1S/C11H18N4O2/c1-8-4-15(5-9(8)11(16)17-3)6-10-12-7-13-14(10)2/h7-9H,4-6H2,1-3H3. The third kappa shape index (κ3) is 2.46. The van der Waals surface area contributed by atoms with Crippen molar-refractivity contribution in [2.24, 2.45) is 18.9 Å². The SMILES string of the molecule is COC(=O)C1CN(Cc2ncnn2C)CC1C. The zero-order valence-electron chi connectivity index (χ0n) is 10.5. The van der Waals surface area contributed by atoms with Crippen LogP contribution in [-0.4, -0.2) is 45.8 Å². The normalized spacial score (nSPS) is 25.1. The van der Waals surface area contributed by atoms with E-state index in [4.69, 9.17) is 4.74 Å². The summed E-state index contributed by atoms with van der Waals surface area (Å²) in [5, 5.41) is 4.04. The Bertz CT molecular complexity index is 404. The highest BCUT2D eigenvalue weighted by atomic mass is 16.5. The van der Waals surface area contributed by atoms with Crippen molar-refractivity contribution in [3.8, 4) is 0 Å². The van der Waals surface area contributed by atoms with E-state index in [1.807, 2.05) is 7.05 Å². The van der Waals surface area contributed by atoms with Gasteiger partial charge in [0.15, 0.2) is 0 Å². The number of hydrogen-bond donors (Lipinski definition) is 0. The van der Waals surface area contributed by atoms with Crippen molar-refractivity contribution in [3.05, 3.63) is 12.2 Å². The third-order valence-electron chi connectivity index (χ3n) is 3.36. The highest BCUT2D eigenvalue weighted by molar-refractivity contribution is 5.73. The van der Waals surface area contributed by atoms with Crippen molar-refractivity contribution in [1.29, 1.82) is 0 Å². The minimum Gasteiger partial charge on any atom is -0.469 e. The number of rotatable bonds is 3. The van der Waals surface area contributed by atoms with Gasteiger partial charge in [0, 0.05) is 20.1 Å². The van der Waals surface area contributed by atoms with Crippen molar-refractivity contribution >= 4 is 5.97 Å². The number of likely N-dealkylation sites (tertiary alicyclic amines) is 1. The molecule has 2 unspecified atom stereocenters. The molecule has 2 atom stereocenters. The Kier molecular flexibility index (Phi) is 3.42. The first-order valence-corrected chi connectivity index (χ1v) is 5.75. The quantitative estimate of drug-likeness (QED) is 0.697. The Hall–Kier alpha value is -1.43. The predicted octanol–water partition coefficient (Wildman–Crippen LogP) is 0.0560. The van der Waals surface area contributed by atoms with Gasteiger partial charge in [-0.3, -0.25) is 14.4 Å². The molecule has 0 bridgehead atoms. The van der Waals surface area contributed by atoms with E-state index in [2.05, 4.69) is 21.9 Å². The molecule has 1 aliphatic heterocycles. The molecule has 6 heteroatoms. The van der Waals surface area contributed by atoms with Crippen molar-refractivity contribution in [3.63, 3.8) is 0 Å². The van der Waals surface area contributed by atoms with Crippen LogP contribution >= 0.6 is 0 Å². The van der Waals surface area contributed by atoms with Crippen LogP contribution in [0.2, 0.25) is 0 Å². The van der Waals surface area contributed by atoms with E-state index in [-0.39, 0.29) is 11.9 Å². The van der Waals surface area contributed by atoms with Crippen molar-refractivity contribution in [2.75, 3.05) is 20.2 Å². The lowest BCUT2D eigenvalue weighted by molar-refractivity contribution is -0.146. The molecule has 0 spiro atoms. The third-order valence-corrected chi connectivity index (χ3v) is 3.36. The summed E-state index contributed by atoms with van der Waals surface area (Å²) in [6.45, 7) is 4.44. The largest absolute Gasteiger partial charge is 0.469 e. The number of aromatic nitrogens is 3. The molecule has 2 heterocycles. The summed E-state index contributed by atoms with van der Waals surface area (Å²) in [6.07, 6.45) is 1.55. The van der Waals surface area contributed by atoms with E-state index in [0.717, 1.165) is 25.5 Å². The Labute approximate surface area is 101 Å². The summed E-state index contributed by atoms with van der Waals surface area (Å²) < 4.78 is 6.57.